The van der Waals surface area contributed by atoms with Crippen LogP contribution in [0.4, 0.5) is 0 Å². The van der Waals surface area contributed by atoms with Crippen LogP contribution in [0, 0.1) is 0 Å². The number of fused-ring (bicyclic) bond motifs is 2. The van der Waals surface area contributed by atoms with E-state index >= 15 is 0 Å². The van der Waals surface area contributed by atoms with Gasteiger partial charge in [0, 0.05) is 5.30 Å². The molecule has 1 N–H and O–H groups in total. The molecule has 0 atom stereocenters. The van der Waals surface area contributed by atoms with Gasteiger partial charge >= 0.3 is 0 Å². The fourth-order valence-electron chi connectivity index (χ4n) is 4.06. The highest BCUT2D eigenvalue weighted by Crippen LogP contribution is 2.39. The summed E-state index contributed by atoms with van der Waals surface area (Å²) >= 11 is 0. The van der Waals surface area contributed by atoms with E-state index in [0.717, 1.165) is 32.2 Å². The summed E-state index contributed by atoms with van der Waals surface area (Å²) in [7, 11) is -5.65. The highest BCUT2D eigenvalue weighted by molar-refractivity contribution is 7.88. The summed E-state index contributed by atoms with van der Waals surface area (Å²) in [5.41, 5.74) is 0. The molecule has 0 radical (unpaired) electrons. The minimum absolute atomic E-state index is 0.0398. The minimum atomic E-state index is -4.38. The van der Waals surface area contributed by atoms with Gasteiger partial charge in [-0.15, -0.1) is 0 Å². The zero-order chi connectivity index (χ0) is 21.4. The zero-order valence-corrected chi connectivity index (χ0v) is 18.2. The molecule has 0 saturated carbocycles. The van der Waals surface area contributed by atoms with Gasteiger partial charge in [0.25, 0.3) is 10.1 Å². The lowest BCUT2D eigenvalue weighted by atomic mass is 10.1. The van der Waals surface area contributed by atoms with Crippen molar-refractivity contribution in [3.8, 4) is 0 Å². The van der Waals surface area contributed by atoms with Gasteiger partial charge in [0.2, 0.25) is 0 Å². The number of benzene rings is 5. The summed E-state index contributed by atoms with van der Waals surface area (Å²) in [6.07, 6.45) is 0. The molecular formula is C26H19O3PS. The Labute approximate surface area is 182 Å². The van der Waals surface area contributed by atoms with E-state index in [1.165, 1.54) is 6.07 Å². The van der Waals surface area contributed by atoms with Crippen LogP contribution in [-0.2, 0) is 10.1 Å². The Kier molecular flexibility index (Phi) is 5.07. The third-order valence-corrected chi connectivity index (χ3v) is 9.08. The van der Waals surface area contributed by atoms with E-state index < -0.39 is 18.0 Å². The van der Waals surface area contributed by atoms with Crippen molar-refractivity contribution in [1.29, 1.82) is 0 Å². The maximum Gasteiger partial charge on any atom is 0.295 e. The molecule has 0 fully saturated rings. The normalized spacial score (nSPS) is 11.9. The fraction of sp³-hybridized carbons (Fsp3) is 0. The van der Waals surface area contributed by atoms with Gasteiger partial charge in [0.15, 0.2) is 0 Å². The molecule has 0 aromatic heterocycles. The smallest absolute Gasteiger partial charge is 0.282 e. The van der Waals surface area contributed by atoms with Crippen LogP contribution in [0.5, 0.6) is 0 Å². The van der Waals surface area contributed by atoms with Gasteiger partial charge in [-0.05, 0) is 46.1 Å². The maximum atomic E-state index is 12.3. The largest absolute Gasteiger partial charge is 0.295 e. The van der Waals surface area contributed by atoms with Crippen LogP contribution in [0.3, 0.4) is 0 Å². The van der Waals surface area contributed by atoms with Crippen molar-refractivity contribution in [3.63, 3.8) is 0 Å². The van der Waals surface area contributed by atoms with Crippen molar-refractivity contribution >= 4 is 55.5 Å². The molecule has 0 aliphatic heterocycles. The second-order valence-corrected chi connectivity index (χ2v) is 10.8. The highest BCUT2D eigenvalue weighted by atomic mass is 32.2. The SMILES string of the molecule is O=S(=O)(O)c1ccccc1P(c1cccc2ccccc12)c1cccc2ccccc12. The van der Waals surface area contributed by atoms with E-state index in [-0.39, 0.29) is 4.90 Å². The number of hydrogen-bond acceptors (Lipinski definition) is 2. The zero-order valence-electron chi connectivity index (χ0n) is 16.5. The standard InChI is InChI=1S/C26H19O3PS/c27-31(28,29)26-18-6-5-15-25(26)30(23-16-7-11-19-9-1-3-13-21(19)23)24-17-8-12-20-10-2-4-14-22(20)24/h1-18H,(H,27,28,29). The third kappa shape index (κ3) is 3.64. The lowest BCUT2D eigenvalue weighted by molar-refractivity contribution is 0.484. The lowest BCUT2D eigenvalue weighted by Crippen LogP contribution is -2.25. The van der Waals surface area contributed by atoms with Gasteiger partial charge in [-0.1, -0.05) is 103 Å². The lowest BCUT2D eigenvalue weighted by Gasteiger charge is -2.24. The van der Waals surface area contributed by atoms with E-state index in [1.807, 2.05) is 48.5 Å². The van der Waals surface area contributed by atoms with E-state index in [4.69, 9.17) is 0 Å². The molecule has 152 valence electrons. The first kappa shape index (κ1) is 19.9. The van der Waals surface area contributed by atoms with E-state index in [9.17, 15) is 13.0 Å². The molecule has 5 rings (SSSR count). The Morgan fingerprint density at radius 3 is 1.48 bits per heavy atom. The molecule has 31 heavy (non-hydrogen) atoms. The first-order valence-corrected chi connectivity index (χ1v) is 12.6. The van der Waals surface area contributed by atoms with Crippen LogP contribution < -0.4 is 15.9 Å². The Morgan fingerprint density at radius 2 is 0.935 bits per heavy atom. The van der Waals surface area contributed by atoms with Gasteiger partial charge in [-0.2, -0.15) is 8.42 Å². The summed E-state index contributed by atoms with van der Waals surface area (Å²) in [6.45, 7) is 0. The monoisotopic (exact) mass is 442 g/mol. The first-order valence-electron chi connectivity index (χ1n) is 9.86. The Morgan fingerprint density at radius 1 is 0.516 bits per heavy atom. The Balaban J connectivity index is 1.92. The predicted octanol–water partition coefficient (Wildman–Crippen LogP) is 5.00. The predicted molar refractivity (Wildman–Crippen MR) is 130 cm³/mol. The van der Waals surface area contributed by atoms with Crippen molar-refractivity contribution in [3.05, 3.63) is 109 Å². The summed E-state index contributed by atoms with van der Waals surface area (Å²) < 4.78 is 34.6. The third-order valence-electron chi connectivity index (χ3n) is 5.40. The van der Waals surface area contributed by atoms with Gasteiger partial charge in [-0.3, -0.25) is 4.55 Å². The van der Waals surface area contributed by atoms with Gasteiger partial charge < -0.3 is 0 Å². The fourth-order valence-corrected chi connectivity index (χ4v) is 7.93. The van der Waals surface area contributed by atoms with Gasteiger partial charge in [0.05, 0.1) is 0 Å². The summed E-state index contributed by atoms with van der Waals surface area (Å²) in [6, 6.07) is 35.3. The molecule has 0 heterocycles. The number of hydrogen-bond donors (Lipinski definition) is 1. The molecule has 0 amide bonds. The average Bonchev–Trinajstić information content (AvgIpc) is 2.79. The molecule has 5 aromatic rings. The van der Waals surface area contributed by atoms with Crippen molar-refractivity contribution in [2.45, 2.75) is 4.90 Å². The molecule has 0 aliphatic rings. The first-order chi connectivity index (χ1) is 15.0. The molecular weight excluding hydrogens is 423 g/mol. The van der Waals surface area contributed by atoms with Crippen molar-refractivity contribution in [1.82, 2.24) is 0 Å². The summed E-state index contributed by atoms with van der Waals surface area (Å²) in [4.78, 5) is -0.0398. The highest BCUT2D eigenvalue weighted by Gasteiger charge is 2.26. The molecule has 0 aliphatic carbocycles. The van der Waals surface area contributed by atoms with Crippen LogP contribution in [0.15, 0.2) is 114 Å². The second kappa shape index (κ2) is 7.90. The van der Waals surface area contributed by atoms with Crippen molar-refractivity contribution in [2.24, 2.45) is 0 Å². The maximum absolute atomic E-state index is 12.3. The van der Waals surface area contributed by atoms with Crippen molar-refractivity contribution < 1.29 is 13.0 Å². The quantitative estimate of drug-likeness (QED) is 0.315. The Hall–Kier alpha value is -3.04. The molecule has 5 aromatic carbocycles. The molecule has 0 spiro atoms. The van der Waals surface area contributed by atoms with Crippen molar-refractivity contribution in [2.75, 3.05) is 0 Å². The van der Waals surface area contributed by atoms with Crippen LogP contribution >= 0.6 is 7.92 Å². The van der Waals surface area contributed by atoms with Crippen LogP contribution in [0.1, 0.15) is 0 Å². The summed E-state index contributed by atoms with van der Waals surface area (Å²) in [5, 5.41) is 7.08. The average molecular weight is 442 g/mol. The Bertz CT molecular complexity index is 1440. The van der Waals surface area contributed by atoms with E-state index in [1.54, 1.807) is 6.07 Å². The molecule has 0 bridgehead atoms. The molecule has 0 unspecified atom stereocenters. The van der Waals surface area contributed by atoms with Gasteiger partial charge in [0.1, 0.15) is 4.90 Å². The van der Waals surface area contributed by atoms with Crippen LogP contribution in [0.2, 0.25) is 0 Å². The molecule has 5 heteroatoms. The summed E-state index contributed by atoms with van der Waals surface area (Å²) in [5.74, 6) is 0. The molecule has 0 saturated heterocycles. The van der Waals surface area contributed by atoms with Crippen LogP contribution in [0.25, 0.3) is 21.5 Å². The van der Waals surface area contributed by atoms with E-state index in [2.05, 4.69) is 48.5 Å². The van der Waals surface area contributed by atoms with Gasteiger partial charge in [-0.25, -0.2) is 0 Å². The minimum Gasteiger partial charge on any atom is -0.282 e. The second-order valence-electron chi connectivity index (χ2n) is 7.27. The van der Waals surface area contributed by atoms with E-state index in [0.29, 0.717) is 5.30 Å². The number of rotatable bonds is 4. The van der Waals surface area contributed by atoms with Crippen LogP contribution in [-0.4, -0.2) is 13.0 Å². The molecule has 3 nitrogen and oxygen atoms in total. The topological polar surface area (TPSA) is 54.4 Å².